The molecule has 0 aliphatic rings. The number of nitrogens with zero attached hydrogens (tertiary/aromatic N) is 2. The molecule has 0 aliphatic carbocycles. The number of hydrogen-bond acceptors (Lipinski definition) is 6. The molecule has 0 radical (unpaired) electrons. The number of anilines is 1. The van der Waals surface area contributed by atoms with Gasteiger partial charge in [-0.1, -0.05) is 19.1 Å². The summed E-state index contributed by atoms with van der Waals surface area (Å²) < 4.78 is 52.7. The molecule has 0 fully saturated rings. The number of sulfonamides is 1. The van der Waals surface area contributed by atoms with Crippen molar-refractivity contribution < 1.29 is 31.9 Å². The van der Waals surface area contributed by atoms with E-state index in [1.54, 1.807) is 38.3 Å². The van der Waals surface area contributed by atoms with E-state index in [4.69, 9.17) is 9.47 Å². The molecular weight excluding hydrogens is 549 g/mol. The first-order valence-corrected chi connectivity index (χ1v) is 14.6. The summed E-state index contributed by atoms with van der Waals surface area (Å²) in [5.74, 6) is -0.456. The Kier molecular flexibility index (Phi) is 10.7. The average Bonchev–Trinajstić information content (AvgIpc) is 2.98. The van der Waals surface area contributed by atoms with Crippen molar-refractivity contribution in [1.29, 1.82) is 0 Å². The fourth-order valence-electron chi connectivity index (χ4n) is 3.99. The van der Waals surface area contributed by atoms with Crippen LogP contribution in [0, 0.1) is 5.82 Å². The van der Waals surface area contributed by atoms with Crippen molar-refractivity contribution in [3.63, 3.8) is 0 Å². The monoisotopic (exact) mass is 585 g/mol. The summed E-state index contributed by atoms with van der Waals surface area (Å²) in [6.07, 6.45) is 0.698. The van der Waals surface area contributed by atoms with Crippen molar-refractivity contribution in [2.75, 3.05) is 25.1 Å². The van der Waals surface area contributed by atoms with Gasteiger partial charge in [0, 0.05) is 12.6 Å². The van der Waals surface area contributed by atoms with E-state index in [9.17, 15) is 22.4 Å². The molecule has 0 saturated heterocycles. The lowest BCUT2D eigenvalue weighted by Gasteiger charge is -2.32. The zero-order valence-electron chi connectivity index (χ0n) is 23.8. The second-order valence-electron chi connectivity index (χ2n) is 9.53. The zero-order chi connectivity index (χ0) is 30.2. The van der Waals surface area contributed by atoms with E-state index in [2.05, 4.69) is 5.32 Å². The van der Waals surface area contributed by atoms with E-state index >= 15 is 0 Å². The molecule has 41 heavy (non-hydrogen) atoms. The average molecular weight is 586 g/mol. The molecule has 0 heterocycles. The smallest absolute Gasteiger partial charge is 0.264 e. The lowest BCUT2D eigenvalue weighted by atomic mass is 10.1. The minimum absolute atomic E-state index is 0.0394. The summed E-state index contributed by atoms with van der Waals surface area (Å²) in [4.78, 5) is 28.3. The highest BCUT2D eigenvalue weighted by Gasteiger charge is 2.33. The number of carbonyl (C=O) groups excluding carboxylic acids is 2. The Balaban J connectivity index is 2.01. The minimum atomic E-state index is -4.28. The molecule has 0 aromatic heterocycles. The maximum Gasteiger partial charge on any atom is 0.264 e. The highest BCUT2D eigenvalue weighted by Crippen LogP contribution is 2.26. The molecule has 220 valence electrons. The normalized spacial score (nSPS) is 12.6. The summed E-state index contributed by atoms with van der Waals surface area (Å²) >= 11 is 0. The number of halogens is 1. The standard InChI is InChI=1S/C30H36FN3O6S/c1-6-21(2)32-30(36)22(3)33(19-23-7-13-26(39-4)14-8-23)29(35)20-34(25-11-9-24(31)10-12-25)41(37,38)28-17-15-27(40-5)16-18-28/h7-18,21-22H,6,19-20H2,1-5H3,(H,32,36). The van der Waals surface area contributed by atoms with E-state index in [1.807, 2.05) is 13.8 Å². The second kappa shape index (κ2) is 14.0. The van der Waals surface area contributed by atoms with Gasteiger partial charge in [0.05, 0.1) is 24.8 Å². The minimum Gasteiger partial charge on any atom is -0.497 e. The molecule has 0 spiro atoms. The lowest BCUT2D eigenvalue weighted by molar-refractivity contribution is -0.139. The Bertz CT molecular complexity index is 1410. The van der Waals surface area contributed by atoms with Crippen LogP contribution in [0.25, 0.3) is 0 Å². The van der Waals surface area contributed by atoms with Gasteiger partial charge in [0.2, 0.25) is 11.8 Å². The molecule has 1 N–H and O–H groups in total. The zero-order valence-corrected chi connectivity index (χ0v) is 24.7. The maximum absolute atomic E-state index is 13.9. The van der Waals surface area contributed by atoms with Gasteiger partial charge in [-0.15, -0.1) is 0 Å². The molecule has 2 unspecified atom stereocenters. The third-order valence-corrected chi connectivity index (χ3v) is 8.51. The number of hydrogen-bond donors (Lipinski definition) is 1. The molecule has 3 rings (SSSR count). The number of rotatable bonds is 13. The van der Waals surface area contributed by atoms with Crippen LogP contribution in [-0.2, 0) is 26.2 Å². The van der Waals surface area contributed by atoms with E-state index in [1.165, 1.54) is 48.4 Å². The van der Waals surface area contributed by atoms with Crippen LogP contribution in [-0.4, -0.2) is 58.0 Å². The van der Waals surface area contributed by atoms with Gasteiger partial charge in [-0.2, -0.15) is 0 Å². The van der Waals surface area contributed by atoms with Gasteiger partial charge in [0.25, 0.3) is 10.0 Å². The van der Waals surface area contributed by atoms with Crippen LogP contribution in [0.2, 0.25) is 0 Å². The van der Waals surface area contributed by atoms with Gasteiger partial charge in [0.15, 0.2) is 0 Å². The summed E-state index contributed by atoms with van der Waals surface area (Å²) in [5.41, 5.74) is 0.811. The second-order valence-corrected chi connectivity index (χ2v) is 11.4. The number of ether oxygens (including phenoxy) is 2. The molecule has 2 atom stereocenters. The highest BCUT2D eigenvalue weighted by atomic mass is 32.2. The molecule has 0 aliphatic heterocycles. The summed E-state index contributed by atoms with van der Waals surface area (Å²) in [5, 5.41) is 2.89. The van der Waals surface area contributed by atoms with Crippen molar-refractivity contribution in [2.45, 2.75) is 50.7 Å². The Morgan fingerprint density at radius 3 is 1.93 bits per heavy atom. The highest BCUT2D eigenvalue weighted by molar-refractivity contribution is 7.92. The Morgan fingerprint density at radius 2 is 1.41 bits per heavy atom. The maximum atomic E-state index is 13.9. The van der Waals surface area contributed by atoms with E-state index in [0.717, 1.165) is 16.4 Å². The van der Waals surface area contributed by atoms with Gasteiger partial charge >= 0.3 is 0 Å². The topological polar surface area (TPSA) is 105 Å². The molecule has 3 aromatic carbocycles. The third kappa shape index (κ3) is 7.97. The van der Waals surface area contributed by atoms with E-state index in [0.29, 0.717) is 23.5 Å². The predicted molar refractivity (Wildman–Crippen MR) is 155 cm³/mol. The van der Waals surface area contributed by atoms with Gasteiger partial charge in [0.1, 0.15) is 29.9 Å². The lowest BCUT2D eigenvalue weighted by Crippen LogP contribution is -2.52. The Hall–Kier alpha value is -4.12. The summed E-state index contributed by atoms with van der Waals surface area (Å²) in [7, 11) is -1.28. The van der Waals surface area contributed by atoms with Crippen LogP contribution in [0.5, 0.6) is 11.5 Å². The molecule has 3 aromatic rings. The SMILES string of the molecule is CCC(C)NC(=O)C(C)N(Cc1ccc(OC)cc1)C(=O)CN(c1ccc(F)cc1)S(=O)(=O)c1ccc(OC)cc1. The van der Waals surface area contributed by atoms with Crippen molar-refractivity contribution >= 4 is 27.5 Å². The van der Waals surface area contributed by atoms with Crippen LogP contribution in [0.15, 0.2) is 77.7 Å². The fraction of sp³-hybridized carbons (Fsp3) is 0.333. The van der Waals surface area contributed by atoms with Crippen molar-refractivity contribution in [2.24, 2.45) is 0 Å². The van der Waals surface area contributed by atoms with Gasteiger partial charge in [-0.05, 0) is 86.5 Å². The molecular formula is C30H36FN3O6S. The number of methoxy groups -OCH3 is 2. The summed E-state index contributed by atoms with van der Waals surface area (Å²) in [6, 6.07) is 16.5. The number of amides is 2. The van der Waals surface area contributed by atoms with Crippen LogP contribution in [0.4, 0.5) is 10.1 Å². The van der Waals surface area contributed by atoms with Crippen molar-refractivity contribution in [1.82, 2.24) is 10.2 Å². The molecule has 2 amide bonds. The molecule has 9 nitrogen and oxygen atoms in total. The van der Waals surface area contributed by atoms with Crippen molar-refractivity contribution in [3.05, 3.63) is 84.2 Å². The van der Waals surface area contributed by atoms with Crippen molar-refractivity contribution in [3.8, 4) is 11.5 Å². The quantitative estimate of drug-likeness (QED) is 0.320. The van der Waals surface area contributed by atoms with Gasteiger partial charge in [-0.3, -0.25) is 13.9 Å². The third-order valence-electron chi connectivity index (χ3n) is 6.72. The predicted octanol–water partition coefficient (Wildman–Crippen LogP) is 4.37. The first-order chi connectivity index (χ1) is 19.5. The van der Waals surface area contributed by atoms with Crippen LogP contribution >= 0.6 is 0 Å². The van der Waals surface area contributed by atoms with E-state index in [-0.39, 0.29) is 29.1 Å². The first-order valence-electron chi connectivity index (χ1n) is 13.1. The van der Waals surface area contributed by atoms with Crippen LogP contribution in [0.3, 0.4) is 0 Å². The molecule has 0 saturated carbocycles. The Labute approximate surface area is 240 Å². The van der Waals surface area contributed by atoms with Gasteiger partial charge < -0.3 is 19.7 Å². The van der Waals surface area contributed by atoms with Gasteiger partial charge in [-0.25, -0.2) is 12.8 Å². The fourth-order valence-corrected chi connectivity index (χ4v) is 5.40. The first kappa shape index (κ1) is 31.4. The molecule has 11 heteroatoms. The van der Waals surface area contributed by atoms with Crippen LogP contribution < -0.4 is 19.1 Å². The number of benzene rings is 3. The summed E-state index contributed by atoms with van der Waals surface area (Å²) in [6.45, 7) is 4.80. The van der Waals surface area contributed by atoms with Crippen LogP contribution in [0.1, 0.15) is 32.8 Å². The largest absolute Gasteiger partial charge is 0.497 e. The number of nitrogens with one attached hydrogen (secondary N) is 1. The molecule has 0 bridgehead atoms. The Morgan fingerprint density at radius 1 is 0.878 bits per heavy atom. The van der Waals surface area contributed by atoms with E-state index < -0.39 is 34.3 Å². The number of carbonyl (C=O) groups is 2.